The van der Waals surface area contributed by atoms with E-state index in [0.717, 1.165) is 22.0 Å². The van der Waals surface area contributed by atoms with Gasteiger partial charge in [-0.25, -0.2) is 9.18 Å². The van der Waals surface area contributed by atoms with Crippen LogP contribution in [0.5, 0.6) is 0 Å². The molecule has 39 heavy (non-hydrogen) atoms. The molecule has 0 fully saturated rings. The summed E-state index contributed by atoms with van der Waals surface area (Å²) in [5, 5.41) is 4.48. The number of hydrogen-bond donors (Lipinski definition) is 2. The minimum atomic E-state index is -0.467. The van der Waals surface area contributed by atoms with Gasteiger partial charge in [-0.05, 0) is 53.8 Å². The Kier molecular flexibility index (Phi) is 9.49. The number of amides is 3. The van der Waals surface area contributed by atoms with Crippen LogP contribution >= 0.6 is 23.2 Å². The van der Waals surface area contributed by atoms with Crippen LogP contribution < -0.4 is 5.32 Å². The van der Waals surface area contributed by atoms with Crippen LogP contribution in [0.4, 0.5) is 14.9 Å². The van der Waals surface area contributed by atoms with Gasteiger partial charge in [0.25, 0.3) is 0 Å². The monoisotopic (exact) mass is 568 g/mol. The van der Waals surface area contributed by atoms with Crippen LogP contribution in [0.1, 0.15) is 25.0 Å². The maximum absolute atomic E-state index is 13.7. The molecule has 6 nitrogen and oxygen atoms in total. The van der Waals surface area contributed by atoms with Gasteiger partial charge in [-0.1, -0.05) is 73.4 Å². The molecule has 0 saturated heterocycles. The van der Waals surface area contributed by atoms with E-state index in [0.29, 0.717) is 35.2 Å². The second-order valence-corrected chi connectivity index (χ2v) is 10.7. The number of nitrogens with one attached hydrogen (secondary N) is 2. The minimum absolute atomic E-state index is 0.113. The number of anilines is 1. The molecule has 2 N–H and O–H groups in total. The van der Waals surface area contributed by atoms with E-state index in [4.69, 9.17) is 23.2 Å². The van der Waals surface area contributed by atoms with Crippen molar-refractivity contribution in [1.29, 1.82) is 0 Å². The summed E-state index contributed by atoms with van der Waals surface area (Å²) >= 11 is 12.5. The van der Waals surface area contributed by atoms with Gasteiger partial charge in [0.15, 0.2) is 0 Å². The van der Waals surface area contributed by atoms with Crippen molar-refractivity contribution >= 4 is 51.7 Å². The molecule has 1 heterocycles. The first kappa shape index (κ1) is 28.5. The van der Waals surface area contributed by atoms with E-state index in [-0.39, 0.29) is 30.7 Å². The molecule has 4 rings (SSSR count). The molecule has 0 saturated carbocycles. The van der Waals surface area contributed by atoms with Crippen molar-refractivity contribution < 1.29 is 14.0 Å². The molecule has 0 unspecified atom stereocenters. The van der Waals surface area contributed by atoms with Crippen molar-refractivity contribution in [2.24, 2.45) is 5.92 Å². The molecule has 9 heteroatoms. The van der Waals surface area contributed by atoms with Gasteiger partial charge in [-0.3, -0.25) is 4.79 Å². The number of carbonyl (C=O) groups is 2. The molecule has 0 aliphatic rings. The fraction of sp³-hybridized carbons (Fsp3) is 0.267. The quantitative estimate of drug-likeness (QED) is 0.209. The van der Waals surface area contributed by atoms with Crippen molar-refractivity contribution in [3.05, 3.63) is 99.9 Å². The summed E-state index contributed by atoms with van der Waals surface area (Å²) in [4.78, 5) is 33.4. The van der Waals surface area contributed by atoms with Gasteiger partial charge in [0.2, 0.25) is 5.91 Å². The lowest BCUT2D eigenvalue weighted by atomic mass is 10.1. The third-order valence-corrected chi connectivity index (χ3v) is 6.99. The number of carbonyl (C=O) groups excluding carboxylic acids is 2. The number of urea groups is 1. The van der Waals surface area contributed by atoms with Crippen LogP contribution in [0, 0.1) is 11.7 Å². The van der Waals surface area contributed by atoms with Crippen molar-refractivity contribution in [1.82, 2.24) is 14.8 Å². The molecular formula is C30H31Cl2FN4O2. The molecule has 204 valence electrons. The second kappa shape index (κ2) is 13.0. The van der Waals surface area contributed by atoms with Crippen LogP contribution in [0.15, 0.2) is 72.9 Å². The fourth-order valence-electron chi connectivity index (χ4n) is 4.42. The number of H-pyrrole nitrogens is 1. The average Bonchev–Trinajstić information content (AvgIpc) is 3.32. The molecule has 0 atom stereocenters. The highest BCUT2D eigenvalue weighted by Gasteiger charge is 2.24. The summed E-state index contributed by atoms with van der Waals surface area (Å²) in [6.07, 6.45) is 2.57. The number of halogens is 3. The highest BCUT2D eigenvalue weighted by Crippen LogP contribution is 2.30. The number of benzene rings is 3. The fourth-order valence-corrected chi connectivity index (χ4v) is 4.91. The topological polar surface area (TPSA) is 68.4 Å². The number of para-hydroxylation sites is 2. The molecular weight excluding hydrogens is 538 g/mol. The Morgan fingerprint density at radius 2 is 1.64 bits per heavy atom. The predicted octanol–water partition coefficient (Wildman–Crippen LogP) is 7.38. The van der Waals surface area contributed by atoms with E-state index in [2.05, 4.69) is 10.3 Å². The first-order chi connectivity index (χ1) is 18.7. The Morgan fingerprint density at radius 3 is 2.33 bits per heavy atom. The van der Waals surface area contributed by atoms with Gasteiger partial charge < -0.3 is 20.1 Å². The number of fused-ring (bicyclic) bond motifs is 1. The molecule has 0 spiro atoms. The van der Waals surface area contributed by atoms with Crippen LogP contribution in [0.25, 0.3) is 10.9 Å². The average molecular weight is 570 g/mol. The van der Waals surface area contributed by atoms with Gasteiger partial charge in [0.1, 0.15) is 12.4 Å². The first-order valence-electron chi connectivity index (χ1n) is 12.8. The first-order valence-corrected chi connectivity index (χ1v) is 13.5. The summed E-state index contributed by atoms with van der Waals surface area (Å²) in [7, 11) is 0. The van der Waals surface area contributed by atoms with Gasteiger partial charge in [-0.2, -0.15) is 0 Å². The van der Waals surface area contributed by atoms with E-state index < -0.39 is 6.03 Å². The number of hydrogen-bond acceptors (Lipinski definition) is 2. The molecule has 1 aromatic heterocycles. The highest BCUT2D eigenvalue weighted by molar-refractivity contribution is 6.39. The van der Waals surface area contributed by atoms with E-state index >= 15 is 0 Å². The smallest absolute Gasteiger partial charge is 0.322 e. The Balaban J connectivity index is 1.53. The molecule has 0 aliphatic heterocycles. The zero-order valence-corrected chi connectivity index (χ0v) is 23.4. The normalized spacial score (nSPS) is 11.1. The second-order valence-electron chi connectivity index (χ2n) is 9.85. The zero-order chi connectivity index (χ0) is 27.9. The maximum Gasteiger partial charge on any atom is 0.322 e. The van der Waals surface area contributed by atoms with Crippen molar-refractivity contribution in [2.45, 2.75) is 26.8 Å². The Hall–Kier alpha value is -3.55. The van der Waals surface area contributed by atoms with Crippen LogP contribution in [0.2, 0.25) is 10.0 Å². The number of aromatic nitrogens is 1. The minimum Gasteiger partial charge on any atom is -0.361 e. The number of aromatic amines is 1. The molecule has 0 radical (unpaired) electrons. The summed E-state index contributed by atoms with van der Waals surface area (Å²) in [5.74, 6) is -0.448. The Labute approximate surface area is 237 Å². The lowest BCUT2D eigenvalue weighted by Gasteiger charge is -2.29. The van der Waals surface area contributed by atoms with Crippen LogP contribution in [-0.4, -0.2) is 46.4 Å². The summed E-state index contributed by atoms with van der Waals surface area (Å²) in [6, 6.07) is 18.6. The van der Waals surface area contributed by atoms with Crippen molar-refractivity contribution in [3.63, 3.8) is 0 Å². The van der Waals surface area contributed by atoms with E-state index in [9.17, 15) is 14.0 Å². The van der Waals surface area contributed by atoms with Crippen LogP contribution in [0.3, 0.4) is 0 Å². The van der Waals surface area contributed by atoms with Gasteiger partial charge >= 0.3 is 6.03 Å². The molecule has 0 bridgehead atoms. The molecule has 3 aromatic carbocycles. The SMILES string of the molecule is CC(C)CN(CC(=O)N(CCc1c[nH]c2ccccc12)Cc1ccc(F)cc1)C(=O)Nc1c(Cl)cccc1Cl. The largest absolute Gasteiger partial charge is 0.361 e. The lowest BCUT2D eigenvalue weighted by molar-refractivity contribution is -0.132. The summed E-state index contributed by atoms with van der Waals surface area (Å²) < 4.78 is 13.5. The van der Waals surface area contributed by atoms with Gasteiger partial charge in [0.05, 0.1) is 15.7 Å². The van der Waals surface area contributed by atoms with E-state index in [1.165, 1.54) is 17.0 Å². The zero-order valence-electron chi connectivity index (χ0n) is 21.9. The number of nitrogens with zero attached hydrogens (tertiary/aromatic N) is 2. The van der Waals surface area contributed by atoms with Gasteiger partial charge in [-0.15, -0.1) is 0 Å². The Bertz CT molecular complexity index is 1420. The third-order valence-electron chi connectivity index (χ3n) is 6.36. The van der Waals surface area contributed by atoms with Crippen molar-refractivity contribution in [2.75, 3.05) is 25.0 Å². The van der Waals surface area contributed by atoms with Gasteiger partial charge in [0, 0.05) is 36.7 Å². The third kappa shape index (κ3) is 7.52. The van der Waals surface area contributed by atoms with E-state index in [1.807, 2.05) is 44.3 Å². The molecule has 0 aliphatic carbocycles. The molecule has 4 aromatic rings. The predicted molar refractivity (Wildman–Crippen MR) is 156 cm³/mol. The highest BCUT2D eigenvalue weighted by atomic mass is 35.5. The van der Waals surface area contributed by atoms with E-state index in [1.54, 1.807) is 35.2 Å². The summed E-state index contributed by atoms with van der Waals surface area (Å²) in [6.45, 7) is 4.87. The lowest BCUT2D eigenvalue weighted by Crippen LogP contribution is -2.46. The van der Waals surface area contributed by atoms with Crippen molar-refractivity contribution in [3.8, 4) is 0 Å². The van der Waals surface area contributed by atoms with Crippen LogP contribution in [-0.2, 0) is 17.8 Å². The maximum atomic E-state index is 13.7. The number of rotatable bonds is 10. The summed E-state index contributed by atoms with van der Waals surface area (Å²) in [5.41, 5.74) is 3.22. The molecule has 3 amide bonds. The Morgan fingerprint density at radius 1 is 0.949 bits per heavy atom. The standard InChI is InChI=1S/C30H31Cl2FN4O2/c1-20(2)17-37(30(39)35-29-25(31)7-5-8-26(29)32)19-28(38)36(18-21-10-12-23(33)13-11-21)15-14-22-16-34-27-9-4-3-6-24(22)27/h3-13,16,20,34H,14-15,17-19H2,1-2H3,(H,35,39).